The number of nitrogens with zero attached hydrogens (tertiary/aromatic N) is 1. The summed E-state index contributed by atoms with van der Waals surface area (Å²) < 4.78 is 10.7. The van der Waals surface area contributed by atoms with Crippen molar-refractivity contribution in [3.63, 3.8) is 0 Å². The van der Waals surface area contributed by atoms with Gasteiger partial charge in [-0.2, -0.15) is 0 Å². The summed E-state index contributed by atoms with van der Waals surface area (Å²) in [5.74, 6) is 0.633. The maximum atomic E-state index is 11.9. The Balaban J connectivity index is 1.84. The zero-order valence-electron chi connectivity index (χ0n) is 14.3. The molecule has 0 aliphatic heterocycles. The molecule has 2 aromatic rings. The van der Waals surface area contributed by atoms with E-state index in [1.54, 1.807) is 18.9 Å². The van der Waals surface area contributed by atoms with Crippen LogP contribution < -0.4 is 4.74 Å². The van der Waals surface area contributed by atoms with E-state index in [0.717, 1.165) is 21.8 Å². The average molecular weight is 345 g/mol. The van der Waals surface area contributed by atoms with Crippen molar-refractivity contribution in [1.29, 1.82) is 0 Å². The van der Waals surface area contributed by atoms with Crippen molar-refractivity contribution in [2.24, 2.45) is 0 Å². The van der Waals surface area contributed by atoms with Gasteiger partial charge in [0.2, 0.25) is 0 Å². The Labute approximate surface area is 147 Å². The number of ether oxygens (including phenoxy) is 2. The van der Waals surface area contributed by atoms with Crippen LogP contribution in [0.2, 0.25) is 0 Å². The van der Waals surface area contributed by atoms with Crippen molar-refractivity contribution in [3.05, 3.63) is 59.7 Å². The van der Waals surface area contributed by atoms with Crippen LogP contribution in [-0.2, 0) is 22.7 Å². The van der Waals surface area contributed by atoms with Gasteiger partial charge in [0.1, 0.15) is 12.4 Å². The Morgan fingerprint density at radius 2 is 1.88 bits per heavy atom. The molecule has 2 aromatic carbocycles. The molecule has 128 valence electrons. The van der Waals surface area contributed by atoms with Gasteiger partial charge in [0, 0.05) is 11.4 Å². The monoisotopic (exact) mass is 345 g/mol. The van der Waals surface area contributed by atoms with Gasteiger partial charge in [-0.05, 0) is 36.6 Å². The van der Waals surface area contributed by atoms with E-state index >= 15 is 0 Å². The van der Waals surface area contributed by atoms with Gasteiger partial charge in [-0.1, -0.05) is 36.4 Å². The van der Waals surface area contributed by atoms with Gasteiger partial charge in [-0.3, -0.25) is 9.69 Å². The van der Waals surface area contributed by atoms with Crippen molar-refractivity contribution >= 4 is 17.7 Å². The lowest BCUT2D eigenvalue weighted by Gasteiger charge is -2.17. The number of likely N-dealkylation sites (N-methyl/N-ethyl adjacent to an activating group) is 1. The SMILES string of the molecule is COc1cc(CN(C)CC(=O)OCc2ccccc2)ccc1SC. The van der Waals surface area contributed by atoms with Crippen LogP contribution in [0.5, 0.6) is 5.75 Å². The summed E-state index contributed by atoms with van der Waals surface area (Å²) in [6.45, 7) is 1.22. The molecule has 0 amide bonds. The van der Waals surface area contributed by atoms with Crippen molar-refractivity contribution in [2.45, 2.75) is 18.0 Å². The van der Waals surface area contributed by atoms with Crippen LogP contribution in [0.15, 0.2) is 53.4 Å². The Kier molecular flexibility index (Phi) is 7.15. The molecule has 2 rings (SSSR count). The second-order valence-corrected chi connectivity index (χ2v) is 6.36. The molecule has 0 aliphatic rings. The summed E-state index contributed by atoms with van der Waals surface area (Å²) in [6.07, 6.45) is 2.02. The topological polar surface area (TPSA) is 38.8 Å². The largest absolute Gasteiger partial charge is 0.496 e. The summed E-state index contributed by atoms with van der Waals surface area (Å²) in [5.41, 5.74) is 2.09. The average Bonchev–Trinajstić information content (AvgIpc) is 2.60. The summed E-state index contributed by atoms with van der Waals surface area (Å²) >= 11 is 1.65. The van der Waals surface area contributed by atoms with Crippen LogP contribution in [0.25, 0.3) is 0 Å². The van der Waals surface area contributed by atoms with Gasteiger partial charge in [0.05, 0.1) is 13.7 Å². The number of carbonyl (C=O) groups excluding carboxylic acids is 1. The third-order valence-electron chi connectivity index (χ3n) is 3.54. The third kappa shape index (κ3) is 5.58. The summed E-state index contributed by atoms with van der Waals surface area (Å²) in [4.78, 5) is 15.0. The molecule has 0 N–H and O–H groups in total. The lowest BCUT2D eigenvalue weighted by molar-refractivity contribution is -0.146. The van der Waals surface area contributed by atoms with Crippen LogP contribution in [0.1, 0.15) is 11.1 Å². The molecule has 24 heavy (non-hydrogen) atoms. The highest BCUT2D eigenvalue weighted by Crippen LogP contribution is 2.28. The molecule has 0 heterocycles. The maximum absolute atomic E-state index is 11.9. The maximum Gasteiger partial charge on any atom is 0.320 e. The molecular formula is C19H23NO3S. The normalized spacial score (nSPS) is 10.7. The zero-order valence-corrected chi connectivity index (χ0v) is 15.1. The van der Waals surface area contributed by atoms with Gasteiger partial charge in [-0.15, -0.1) is 11.8 Å². The molecule has 0 radical (unpaired) electrons. The smallest absolute Gasteiger partial charge is 0.320 e. The highest BCUT2D eigenvalue weighted by Gasteiger charge is 2.10. The van der Waals surface area contributed by atoms with Crippen LogP contribution in [0.3, 0.4) is 0 Å². The summed E-state index contributed by atoms with van der Waals surface area (Å²) in [7, 11) is 3.57. The van der Waals surface area contributed by atoms with E-state index < -0.39 is 0 Å². The Morgan fingerprint density at radius 3 is 2.54 bits per heavy atom. The number of thioether (sulfide) groups is 1. The Morgan fingerprint density at radius 1 is 1.12 bits per heavy atom. The minimum absolute atomic E-state index is 0.228. The standard InChI is InChI=1S/C19H23NO3S/c1-20(12-16-9-10-18(24-3)17(11-16)22-2)13-19(21)23-14-15-7-5-4-6-8-15/h4-11H,12-14H2,1-3H3. The first kappa shape index (κ1) is 18.4. The third-order valence-corrected chi connectivity index (χ3v) is 4.32. The van der Waals surface area contributed by atoms with Crippen molar-refractivity contribution < 1.29 is 14.3 Å². The van der Waals surface area contributed by atoms with Crippen LogP contribution in [0, 0.1) is 0 Å². The predicted molar refractivity (Wildman–Crippen MR) is 97.3 cm³/mol. The van der Waals surface area contributed by atoms with Gasteiger partial charge >= 0.3 is 5.97 Å². The summed E-state index contributed by atoms with van der Waals surface area (Å²) in [6, 6.07) is 15.8. The Hall–Kier alpha value is -1.98. The van der Waals surface area contributed by atoms with Crippen molar-refractivity contribution in [3.8, 4) is 5.75 Å². The van der Waals surface area contributed by atoms with Crippen LogP contribution in [0.4, 0.5) is 0 Å². The number of carbonyl (C=O) groups is 1. The minimum atomic E-state index is -0.228. The zero-order chi connectivity index (χ0) is 17.4. The predicted octanol–water partition coefficient (Wildman–Crippen LogP) is 3.59. The number of rotatable bonds is 8. The second-order valence-electron chi connectivity index (χ2n) is 5.51. The van der Waals surface area contributed by atoms with Gasteiger partial charge < -0.3 is 9.47 Å². The van der Waals surface area contributed by atoms with Gasteiger partial charge in [0.25, 0.3) is 0 Å². The highest BCUT2D eigenvalue weighted by molar-refractivity contribution is 7.98. The lowest BCUT2D eigenvalue weighted by Crippen LogP contribution is -2.27. The lowest BCUT2D eigenvalue weighted by atomic mass is 10.2. The number of hydrogen-bond donors (Lipinski definition) is 0. The molecule has 0 fully saturated rings. The number of methoxy groups -OCH3 is 1. The fraction of sp³-hybridized carbons (Fsp3) is 0.316. The minimum Gasteiger partial charge on any atom is -0.496 e. The van der Waals surface area contributed by atoms with Crippen LogP contribution >= 0.6 is 11.8 Å². The molecule has 0 aliphatic carbocycles. The fourth-order valence-electron chi connectivity index (χ4n) is 2.35. The van der Waals surface area contributed by atoms with Crippen molar-refractivity contribution in [2.75, 3.05) is 27.0 Å². The van der Waals surface area contributed by atoms with E-state index in [1.165, 1.54) is 0 Å². The number of hydrogen-bond acceptors (Lipinski definition) is 5. The Bertz CT molecular complexity index is 661. The van der Waals surface area contributed by atoms with Gasteiger partial charge in [-0.25, -0.2) is 0 Å². The molecular weight excluding hydrogens is 322 g/mol. The molecule has 0 aromatic heterocycles. The first-order valence-corrected chi connectivity index (χ1v) is 8.94. The molecule has 5 heteroatoms. The fourth-order valence-corrected chi connectivity index (χ4v) is 2.90. The van der Waals surface area contributed by atoms with E-state index in [0.29, 0.717) is 13.2 Å². The molecule has 0 spiro atoms. The van der Waals surface area contributed by atoms with E-state index in [2.05, 4.69) is 6.07 Å². The quantitative estimate of drug-likeness (QED) is 0.540. The molecule has 0 bridgehead atoms. The van der Waals surface area contributed by atoms with Crippen LogP contribution in [-0.4, -0.2) is 37.8 Å². The first-order valence-electron chi connectivity index (χ1n) is 7.71. The molecule has 0 unspecified atom stereocenters. The molecule has 0 saturated carbocycles. The number of benzene rings is 2. The summed E-state index contributed by atoms with van der Waals surface area (Å²) in [5, 5.41) is 0. The van der Waals surface area contributed by atoms with E-state index in [9.17, 15) is 4.79 Å². The van der Waals surface area contributed by atoms with Gasteiger partial charge in [0.15, 0.2) is 0 Å². The number of esters is 1. The first-order chi connectivity index (χ1) is 11.6. The molecule has 0 saturated heterocycles. The van der Waals surface area contributed by atoms with E-state index in [-0.39, 0.29) is 12.5 Å². The molecule has 0 atom stereocenters. The second kappa shape index (κ2) is 9.35. The van der Waals surface area contributed by atoms with E-state index in [1.807, 2.05) is 60.7 Å². The van der Waals surface area contributed by atoms with E-state index in [4.69, 9.17) is 9.47 Å². The molecule has 4 nitrogen and oxygen atoms in total. The highest BCUT2D eigenvalue weighted by atomic mass is 32.2. The van der Waals surface area contributed by atoms with Crippen molar-refractivity contribution in [1.82, 2.24) is 4.90 Å².